The lowest BCUT2D eigenvalue weighted by atomic mass is 10.1. The summed E-state index contributed by atoms with van der Waals surface area (Å²) in [5.74, 6) is 1.41. The van der Waals surface area contributed by atoms with Crippen molar-refractivity contribution in [2.45, 2.75) is 32.7 Å². The monoisotopic (exact) mass is 348 g/mol. The van der Waals surface area contributed by atoms with Crippen molar-refractivity contribution >= 4 is 11.8 Å². The lowest BCUT2D eigenvalue weighted by Crippen LogP contribution is -2.27. The molecule has 0 unspecified atom stereocenters. The molecule has 0 spiro atoms. The van der Waals surface area contributed by atoms with Crippen molar-refractivity contribution in [2.24, 2.45) is 0 Å². The van der Waals surface area contributed by atoms with Crippen molar-refractivity contribution < 1.29 is 0 Å². The van der Waals surface area contributed by atoms with Gasteiger partial charge >= 0.3 is 0 Å². The summed E-state index contributed by atoms with van der Waals surface area (Å²) in [7, 11) is 0. The third-order valence-corrected chi connectivity index (χ3v) is 3.66. The van der Waals surface area contributed by atoms with Crippen molar-refractivity contribution in [2.75, 3.05) is 17.2 Å². The average molecular weight is 348 g/mol. The van der Waals surface area contributed by atoms with Gasteiger partial charge in [-0.15, -0.1) is 0 Å². The minimum Gasteiger partial charge on any atom is -0.370 e. The zero-order chi connectivity index (χ0) is 18.4. The SMILES string of the molecule is CC(C)(C)Nc1nc(NCCc2ccncc2)cc(-c2ccncc2)n1. The van der Waals surface area contributed by atoms with E-state index in [2.05, 4.69) is 51.3 Å². The van der Waals surface area contributed by atoms with E-state index in [1.165, 1.54) is 5.56 Å². The Bertz CT molecular complexity index is 828. The van der Waals surface area contributed by atoms with Crippen LogP contribution in [0.15, 0.2) is 55.1 Å². The van der Waals surface area contributed by atoms with Crippen LogP contribution in [0.3, 0.4) is 0 Å². The Morgan fingerprint density at radius 1 is 0.885 bits per heavy atom. The lowest BCUT2D eigenvalue weighted by molar-refractivity contribution is 0.626. The standard InChI is InChI=1S/C20H24N6/c1-20(2,3)26-19-24-17(16-7-11-22-12-8-16)14-18(25-19)23-13-6-15-4-9-21-10-5-15/h4-5,7-12,14H,6,13H2,1-3H3,(H2,23,24,25,26). The summed E-state index contributed by atoms with van der Waals surface area (Å²) < 4.78 is 0. The molecule has 3 heterocycles. The summed E-state index contributed by atoms with van der Waals surface area (Å²) in [6.45, 7) is 7.05. The summed E-state index contributed by atoms with van der Waals surface area (Å²) in [6, 6.07) is 9.91. The average Bonchev–Trinajstić information content (AvgIpc) is 2.62. The lowest BCUT2D eigenvalue weighted by Gasteiger charge is -2.21. The van der Waals surface area contributed by atoms with Gasteiger partial charge in [0, 0.05) is 48.5 Å². The molecule has 0 atom stereocenters. The molecule has 26 heavy (non-hydrogen) atoms. The predicted molar refractivity (Wildman–Crippen MR) is 105 cm³/mol. The number of pyridine rings is 2. The number of rotatable bonds is 6. The third-order valence-electron chi connectivity index (χ3n) is 3.66. The van der Waals surface area contributed by atoms with Crippen molar-refractivity contribution in [3.8, 4) is 11.3 Å². The Balaban J connectivity index is 1.80. The van der Waals surface area contributed by atoms with Crippen LogP contribution in [0, 0.1) is 0 Å². The zero-order valence-corrected chi connectivity index (χ0v) is 15.4. The molecule has 6 heteroatoms. The molecule has 0 bridgehead atoms. The van der Waals surface area contributed by atoms with Crippen LogP contribution in [-0.2, 0) is 6.42 Å². The van der Waals surface area contributed by atoms with Crippen molar-refractivity contribution in [1.29, 1.82) is 0 Å². The molecular formula is C20H24N6. The van der Waals surface area contributed by atoms with Crippen molar-refractivity contribution in [1.82, 2.24) is 19.9 Å². The fraction of sp³-hybridized carbons (Fsp3) is 0.300. The normalized spacial score (nSPS) is 11.2. The van der Waals surface area contributed by atoms with Crippen LogP contribution in [-0.4, -0.2) is 32.0 Å². The van der Waals surface area contributed by atoms with Crippen LogP contribution in [0.2, 0.25) is 0 Å². The van der Waals surface area contributed by atoms with E-state index in [0.29, 0.717) is 5.95 Å². The summed E-state index contributed by atoms with van der Waals surface area (Å²) in [5, 5.41) is 6.76. The zero-order valence-electron chi connectivity index (χ0n) is 15.4. The van der Waals surface area contributed by atoms with E-state index in [-0.39, 0.29) is 5.54 Å². The summed E-state index contributed by atoms with van der Waals surface area (Å²) in [6.07, 6.45) is 8.06. The molecule has 0 fully saturated rings. The highest BCUT2D eigenvalue weighted by Crippen LogP contribution is 2.22. The highest BCUT2D eigenvalue weighted by Gasteiger charge is 2.13. The van der Waals surface area contributed by atoms with E-state index < -0.39 is 0 Å². The van der Waals surface area contributed by atoms with E-state index >= 15 is 0 Å². The first-order valence-electron chi connectivity index (χ1n) is 8.70. The fourth-order valence-electron chi connectivity index (χ4n) is 2.48. The van der Waals surface area contributed by atoms with Gasteiger partial charge in [-0.05, 0) is 57.0 Å². The number of aromatic nitrogens is 4. The molecule has 0 aromatic carbocycles. The van der Waals surface area contributed by atoms with Gasteiger partial charge < -0.3 is 10.6 Å². The maximum absolute atomic E-state index is 4.66. The Morgan fingerprint density at radius 3 is 2.19 bits per heavy atom. The number of nitrogens with zero attached hydrogens (tertiary/aromatic N) is 4. The predicted octanol–water partition coefficient (Wildman–Crippen LogP) is 3.80. The van der Waals surface area contributed by atoms with Gasteiger partial charge in [0.1, 0.15) is 5.82 Å². The fourth-order valence-corrected chi connectivity index (χ4v) is 2.48. The number of hydrogen-bond donors (Lipinski definition) is 2. The van der Waals surface area contributed by atoms with Gasteiger partial charge in [-0.25, -0.2) is 4.98 Å². The molecule has 3 rings (SSSR count). The highest BCUT2D eigenvalue weighted by atomic mass is 15.2. The van der Waals surface area contributed by atoms with Crippen LogP contribution >= 0.6 is 0 Å². The molecule has 0 saturated carbocycles. The molecule has 0 aliphatic carbocycles. The maximum Gasteiger partial charge on any atom is 0.225 e. The van der Waals surface area contributed by atoms with Crippen LogP contribution in [0.1, 0.15) is 26.3 Å². The summed E-state index contributed by atoms with van der Waals surface area (Å²) in [5.41, 5.74) is 2.99. The molecule has 0 aliphatic rings. The molecule has 0 saturated heterocycles. The van der Waals surface area contributed by atoms with Gasteiger partial charge in [-0.2, -0.15) is 4.98 Å². The summed E-state index contributed by atoms with van der Waals surface area (Å²) >= 11 is 0. The Labute approximate surface area is 154 Å². The molecule has 3 aromatic rings. The smallest absolute Gasteiger partial charge is 0.225 e. The van der Waals surface area contributed by atoms with Crippen LogP contribution in [0.25, 0.3) is 11.3 Å². The molecule has 6 nitrogen and oxygen atoms in total. The van der Waals surface area contributed by atoms with Gasteiger partial charge in [0.05, 0.1) is 5.69 Å². The van der Waals surface area contributed by atoms with Gasteiger partial charge in [0.15, 0.2) is 0 Å². The Kier molecular flexibility index (Phi) is 5.41. The molecular weight excluding hydrogens is 324 g/mol. The Morgan fingerprint density at radius 2 is 1.54 bits per heavy atom. The minimum absolute atomic E-state index is 0.120. The first kappa shape index (κ1) is 17.8. The minimum atomic E-state index is -0.120. The first-order valence-corrected chi connectivity index (χ1v) is 8.70. The number of anilines is 2. The van der Waals surface area contributed by atoms with E-state index in [9.17, 15) is 0 Å². The second-order valence-electron chi connectivity index (χ2n) is 7.11. The van der Waals surface area contributed by atoms with Gasteiger partial charge in [-0.1, -0.05) is 0 Å². The van der Waals surface area contributed by atoms with Gasteiger partial charge in [-0.3, -0.25) is 9.97 Å². The summed E-state index contributed by atoms with van der Waals surface area (Å²) in [4.78, 5) is 17.4. The molecule has 0 radical (unpaired) electrons. The molecule has 0 aliphatic heterocycles. The van der Waals surface area contributed by atoms with E-state index in [1.807, 2.05) is 42.7 Å². The largest absolute Gasteiger partial charge is 0.370 e. The van der Waals surface area contributed by atoms with Gasteiger partial charge in [0.2, 0.25) is 5.95 Å². The van der Waals surface area contributed by atoms with E-state index in [1.54, 1.807) is 12.4 Å². The van der Waals surface area contributed by atoms with Crippen molar-refractivity contribution in [3.05, 3.63) is 60.7 Å². The van der Waals surface area contributed by atoms with E-state index in [0.717, 1.165) is 30.0 Å². The van der Waals surface area contributed by atoms with Crippen LogP contribution in [0.4, 0.5) is 11.8 Å². The first-order chi connectivity index (χ1) is 12.5. The van der Waals surface area contributed by atoms with Crippen molar-refractivity contribution in [3.63, 3.8) is 0 Å². The van der Waals surface area contributed by atoms with Crippen LogP contribution < -0.4 is 10.6 Å². The molecule has 0 amide bonds. The maximum atomic E-state index is 4.66. The number of nitrogens with one attached hydrogen (secondary N) is 2. The van der Waals surface area contributed by atoms with Crippen LogP contribution in [0.5, 0.6) is 0 Å². The topological polar surface area (TPSA) is 75.6 Å². The third kappa shape index (κ3) is 5.24. The Hall–Kier alpha value is -3.02. The molecule has 134 valence electrons. The van der Waals surface area contributed by atoms with Gasteiger partial charge in [0.25, 0.3) is 0 Å². The molecule has 2 N–H and O–H groups in total. The van der Waals surface area contributed by atoms with E-state index in [4.69, 9.17) is 0 Å². The molecule has 3 aromatic heterocycles. The highest BCUT2D eigenvalue weighted by molar-refractivity contribution is 5.64. The second kappa shape index (κ2) is 7.91. The second-order valence-corrected chi connectivity index (χ2v) is 7.11. The quantitative estimate of drug-likeness (QED) is 0.706. The number of hydrogen-bond acceptors (Lipinski definition) is 6.